The quantitative estimate of drug-likeness (QED) is 0.0554. The number of ketones is 1. The zero-order valence-corrected chi connectivity index (χ0v) is 46.2. The van der Waals surface area contributed by atoms with E-state index in [1.54, 1.807) is 87.7 Å². The molecule has 414 valence electrons. The third kappa shape index (κ3) is 14.5. The molecular weight excluding hydrogens is 965 g/mol. The molecule has 3 aromatic rings. The molecule has 4 heterocycles. The van der Waals surface area contributed by atoms with Crippen LogP contribution in [0.25, 0.3) is 11.3 Å². The molecule has 1 aromatic heterocycles. The largest absolute Gasteiger partial charge is 0.458 e. The topological polar surface area (TPSA) is 234 Å². The van der Waals surface area contributed by atoms with Gasteiger partial charge in [0.15, 0.2) is 17.7 Å². The lowest BCUT2D eigenvalue weighted by Gasteiger charge is -2.47. The normalized spacial score (nSPS) is 31.2. The third-order valence-electron chi connectivity index (χ3n) is 14.9. The maximum atomic E-state index is 14.7. The molecule has 3 fully saturated rings. The van der Waals surface area contributed by atoms with Crippen LogP contribution in [0.2, 0.25) is 0 Å². The molecule has 13 atom stereocenters. The number of amides is 3. The van der Waals surface area contributed by atoms with Crippen LogP contribution in [-0.2, 0) is 44.6 Å². The zero-order valence-electron chi connectivity index (χ0n) is 46.2. The highest BCUT2D eigenvalue weighted by molar-refractivity contribution is 6.00. The Morgan fingerprint density at radius 2 is 1.71 bits per heavy atom. The summed E-state index contributed by atoms with van der Waals surface area (Å²) < 4.78 is 39.3. The summed E-state index contributed by atoms with van der Waals surface area (Å²) in [6, 6.07) is 14.7. The fourth-order valence-corrected chi connectivity index (χ4v) is 10.9. The van der Waals surface area contributed by atoms with E-state index in [9.17, 15) is 29.1 Å². The van der Waals surface area contributed by atoms with Gasteiger partial charge in [-0.15, -0.1) is 5.10 Å². The number of hydrogen-bond acceptors (Lipinski definition) is 16. The number of carbonyl (C=O) groups is 5. The predicted molar refractivity (Wildman–Crippen MR) is 281 cm³/mol. The lowest BCUT2D eigenvalue weighted by Crippen LogP contribution is -2.61. The van der Waals surface area contributed by atoms with Crippen molar-refractivity contribution in [2.75, 3.05) is 46.2 Å². The fraction of sp³-hybridized carbons (Fsp3) is 0.655. The number of cyclic esters (lactones) is 1. The van der Waals surface area contributed by atoms with Gasteiger partial charge in [-0.2, -0.15) is 0 Å². The maximum absolute atomic E-state index is 14.7. The van der Waals surface area contributed by atoms with Crippen molar-refractivity contribution in [2.24, 2.45) is 17.8 Å². The summed E-state index contributed by atoms with van der Waals surface area (Å²) in [6.45, 7) is 19.6. The van der Waals surface area contributed by atoms with Crippen molar-refractivity contribution in [1.82, 2.24) is 35.4 Å². The number of ether oxygens (including phenoxy) is 6. The molecule has 4 N–H and O–H groups in total. The fourth-order valence-electron chi connectivity index (χ4n) is 10.9. The molecule has 3 aliphatic heterocycles. The lowest BCUT2D eigenvalue weighted by atomic mass is 9.78. The molecule has 3 saturated heterocycles. The van der Waals surface area contributed by atoms with Crippen molar-refractivity contribution in [3.05, 3.63) is 66.4 Å². The number of anilines is 1. The Morgan fingerprint density at radius 3 is 2.37 bits per heavy atom. The van der Waals surface area contributed by atoms with Crippen molar-refractivity contribution in [1.29, 1.82) is 0 Å². The minimum atomic E-state index is -1.30. The first-order valence-electron chi connectivity index (χ1n) is 26.4. The molecule has 2 aromatic carbocycles. The summed E-state index contributed by atoms with van der Waals surface area (Å²) in [6.07, 6.45) is -1.89. The molecule has 0 radical (unpaired) electrons. The van der Waals surface area contributed by atoms with E-state index in [4.69, 9.17) is 28.4 Å². The number of aromatic nitrogens is 3. The summed E-state index contributed by atoms with van der Waals surface area (Å²) >= 11 is 0. The van der Waals surface area contributed by atoms with Crippen LogP contribution in [0.3, 0.4) is 0 Å². The van der Waals surface area contributed by atoms with Gasteiger partial charge in [0.2, 0.25) is 0 Å². The van der Waals surface area contributed by atoms with Crippen LogP contribution >= 0.6 is 0 Å². The van der Waals surface area contributed by atoms with Gasteiger partial charge in [0, 0.05) is 61.6 Å². The van der Waals surface area contributed by atoms with E-state index in [-0.39, 0.29) is 24.4 Å². The van der Waals surface area contributed by atoms with Crippen molar-refractivity contribution >= 4 is 35.5 Å². The second-order valence-corrected chi connectivity index (χ2v) is 22.3. The Bertz CT molecular complexity index is 2420. The molecule has 20 nitrogen and oxygen atoms in total. The van der Waals surface area contributed by atoms with E-state index in [2.05, 4.69) is 33.2 Å². The molecule has 6 rings (SSSR count). The first kappa shape index (κ1) is 58.7. The maximum Gasteiger partial charge on any atom is 0.412 e. The number of hydrogen-bond donors (Lipinski definition) is 4. The highest BCUT2D eigenvalue weighted by Crippen LogP contribution is 2.40. The molecule has 3 aliphatic rings. The van der Waals surface area contributed by atoms with E-state index in [0.29, 0.717) is 68.7 Å². The molecule has 0 aliphatic carbocycles. The van der Waals surface area contributed by atoms with E-state index in [0.717, 1.165) is 5.56 Å². The van der Waals surface area contributed by atoms with Gasteiger partial charge >= 0.3 is 18.2 Å². The number of aryl methyl sites for hydroxylation is 1. The summed E-state index contributed by atoms with van der Waals surface area (Å²) in [5.74, 6) is -3.85. The van der Waals surface area contributed by atoms with E-state index < -0.39 is 95.4 Å². The number of fused-ring (bicyclic) bond motifs is 1. The number of aliphatic hydroxyl groups excluding tert-OH is 1. The van der Waals surface area contributed by atoms with Crippen LogP contribution in [0.4, 0.5) is 15.3 Å². The number of aliphatic hydroxyl groups is 1. The van der Waals surface area contributed by atoms with Crippen LogP contribution < -0.4 is 16.0 Å². The van der Waals surface area contributed by atoms with Gasteiger partial charge in [-0.1, -0.05) is 56.3 Å². The molecule has 3 amide bonds. The van der Waals surface area contributed by atoms with E-state index >= 15 is 0 Å². The molecule has 0 saturated carbocycles. The second kappa shape index (κ2) is 25.1. The molecular formula is C55H82N8O12. The number of benzene rings is 2. The monoisotopic (exact) mass is 1050 g/mol. The number of rotatable bonds is 15. The number of nitrogens with one attached hydrogen (secondary N) is 3. The number of methoxy groups -OCH3 is 1. The first-order valence-corrected chi connectivity index (χ1v) is 26.4. The van der Waals surface area contributed by atoms with Gasteiger partial charge in [0.25, 0.3) is 5.91 Å². The van der Waals surface area contributed by atoms with Gasteiger partial charge in [0.05, 0.1) is 30.0 Å². The molecule has 0 bridgehead atoms. The van der Waals surface area contributed by atoms with Gasteiger partial charge in [-0.05, 0) is 131 Å². The minimum Gasteiger partial charge on any atom is -0.458 e. The molecule has 3 unspecified atom stereocenters. The Kier molecular flexibility index (Phi) is 19.7. The summed E-state index contributed by atoms with van der Waals surface area (Å²) in [5.41, 5.74) is -0.671. The Morgan fingerprint density at radius 1 is 1.00 bits per heavy atom. The van der Waals surface area contributed by atoms with Crippen molar-refractivity contribution < 1.29 is 57.5 Å². The Hall–Kier alpha value is -5.51. The number of carbonyl (C=O) groups excluding carboxylic acids is 5. The van der Waals surface area contributed by atoms with Gasteiger partial charge in [-0.25, -0.2) is 9.59 Å². The molecule has 0 spiro atoms. The average molecular weight is 1050 g/mol. The summed E-state index contributed by atoms with van der Waals surface area (Å²) in [4.78, 5) is 72.1. The third-order valence-corrected chi connectivity index (χ3v) is 14.9. The van der Waals surface area contributed by atoms with Crippen LogP contribution in [0.5, 0.6) is 0 Å². The highest BCUT2D eigenvalue weighted by atomic mass is 16.7. The average Bonchev–Trinajstić information content (AvgIpc) is 3.95. The van der Waals surface area contributed by atoms with Gasteiger partial charge in [0.1, 0.15) is 29.4 Å². The minimum absolute atomic E-state index is 0.102. The predicted octanol–water partition coefficient (Wildman–Crippen LogP) is 6.46. The first-order chi connectivity index (χ1) is 35.4. The van der Waals surface area contributed by atoms with Gasteiger partial charge < -0.3 is 49.1 Å². The van der Waals surface area contributed by atoms with Crippen molar-refractivity contribution in [2.45, 2.75) is 174 Å². The van der Waals surface area contributed by atoms with Crippen LogP contribution in [0.15, 0.2) is 60.8 Å². The number of Topliss-reactive ketones (excluding diaryl/α,β-unsaturated/α-hetero) is 1. The van der Waals surface area contributed by atoms with Crippen LogP contribution in [-0.4, -0.2) is 166 Å². The number of esters is 1. The van der Waals surface area contributed by atoms with Crippen molar-refractivity contribution in [3.63, 3.8) is 0 Å². The van der Waals surface area contributed by atoms with Gasteiger partial charge in [-0.3, -0.25) is 29.3 Å². The molecule has 75 heavy (non-hydrogen) atoms. The molecule has 20 heteroatoms. The SMILES string of the molecule is CC[C@H]1OC(=O)[C@H](C)C(=O)[C@H](C)[C@@H](O[C@@H]2OC(CNC(=O)c3ccccc3)CC(N(C)C)C2O)[C@](C)(OC)C[C@@H](C)CN[C@H](C)[C@H]2N(CCCCn3cc(-c4cccc(NC(=O)OC(C)(C)C)c4)nn3)C(=O)O[C@]12C. The van der Waals surface area contributed by atoms with E-state index in [1.165, 1.54) is 6.92 Å². The lowest BCUT2D eigenvalue weighted by molar-refractivity contribution is -0.296. The Balaban J connectivity index is 1.18. The number of unbranched alkanes of at least 4 members (excludes halogenated alkanes) is 1. The number of likely N-dealkylation sites (N-methyl/N-ethyl adjacent to an activating group) is 1. The Labute approximate surface area is 442 Å². The standard InChI is InChI=1S/C55H82N8O12/c1-14-43-55(10)46(63(52(69)75-55)26-19-18-25-62-32-41(59-60-62)38-23-20-24-39(27-38)58-51(68)74-53(6,7)8)36(5)56-30-33(2)29-54(9,70-13)47(34(3)44(64)35(4)49(67)72-43)73-50-45(65)42(61(11)12)28-40(71-50)31-57-48(66)37-21-16-15-17-22-37/h15-17,20-24,27,32-36,40,42-43,45-47,50,56,65H,14,18-19,25-26,28-31H2,1-13H3,(H,57,66)(H,58,68)/t33-,34+,35-,36-,40?,42?,43-,45?,46-,47-,50+,54-,55-/m1/s1. The van der Waals surface area contributed by atoms with Crippen LogP contribution in [0, 0.1) is 17.8 Å². The highest BCUT2D eigenvalue weighted by Gasteiger charge is 2.59. The summed E-state index contributed by atoms with van der Waals surface area (Å²) in [7, 11) is 5.25. The smallest absolute Gasteiger partial charge is 0.412 e. The van der Waals surface area contributed by atoms with E-state index in [1.807, 2.05) is 64.2 Å². The second-order valence-electron chi connectivity index (χ2n) is 22.3. The number of nitrogens with zero attached hydrogens (tertiary/aromatic N) is 5. The zero-order chi connectivity index (χ0) is 55.0. The van der Waals surface area contributed by atoms with Crippen LogP contribution in [0.1, 0.15) is 112 Å². The van der Waals surface area contributed by atoms with Crippen molar-refractivity contribution in [3.8, 4) is 11.3 Å². The summed E-state index contributed by atoms with van der Waals surface area (Å²) in [5, 5.41) is 29.9.